The Hall–Kier alpha value is -0.860. The van der Waals surface area contributed by atoms with Crippen LogP contribution in [0.5, 0.6) is 0 Å². The maximum absolute atomic E-state index is 3.73. The van der Waals surface area contributed by atoms with Crippen LogP contribution in [-0.4, -0.2) is 30.6 Å². The molecule has 2 fully saturated rings. The molecule has 2 heteroatoms. The zero-order valence-electron chi connectivity index (χ0n) is 13.5. The first-order chi connectivity index (χ1) is 10.3. The van der Waals surface area contributed by atoms with Gasteiger partial charge < -0.3 is 5.32 Å². The minimum Gasteiger partial charge on any atom is -0.314 e. The molecule has 0 atom stereocenters. The number of likely N-dealkylation sites (tertiary alicyclic amines) is 1. The second-order valence-electron chi connectivity index (χ2n) is 7.00. The fraction of sp³-hybridized carbons (Fsp3) is 0.684. The highest BCUT2D eigenvalue weighted by Crippen LogP contribution is 2.39. The molecule has 0 radical (unpaired) electrons. The second-order valence-corrected chi connectivity index (χ2v) is 7.00. The molecule has 1 heterocycles. The molecular formula is C19H30N2. The van der Waals surface area contributed by atoms with E-state index in [1.165, 1.54) is 63.6 Å². The smallest absolute Gasteiger partial charge is 0.0233 e. The number of rotatable bonds is 4. The van der Waals surface area contributed by atoms with Crippen molar-refractivity contribution in [1.29, 1.82) is 0 Å². The van der Waals surface area contributed by atoms with Gasteiger partial charge >= 0.3 is 0 Å². The van der Waals surface area contributed by atoms with Crippen molar-refractivity contribution >= 4 is 0 Å². The highest BCUT2D eigenvalue weighted by Gasteiger charge is 2.39. The van der Waals surface area contributed by atoms with E-state index in [1.54, 1.807) is 0 Å². The van der Waals surface area contributed by atoms with E-state index in [0.29, 0.717) is 5.54 Å². The highest BCUT2D eigenvalue weighted by atomic mass is 15.1. The van der Waals surface area contributed by atoms with E-state index in [1.807, 2.05) is 0 Å². The predicted molar refractivity (Wildman–Crippen MR) is 89.3 cm³/mol. The first-order valence-corrected chi connectivity index (χ1v) is 8.78. The number of hydrogen-bond acceptors (Lipinski definition) is 2. The molecule has 0 amide bonds. The molecule has 1 N–H and O–H groups in total. The van der Waals surface area contributed by atoms with Crippen LogP contribution in [0, 0.1) is 5.92 Å². The molecule has 2 aliphatic rings. The first kappa shape index (κ1) is 15.1. The van der Waals surface area contributed by atoms with Gasteiger partial charge in [-0.25, -0.2) is 0 Å². The Labute approximate surface area is 129 Å². The van der Waals surface area contributed by atoms with Gasteiger partial charge in [0.2, 0.25) is 0 Å². The van der Waals surface area contributed by atoms with Gasteiger partial charge in [-0.05, 0) is 57.3 Å². The average Bonchev–Trinajstić information content (AvgIpc) is 2.57. The van der Waals surface area contributed by atoms with Gasteiger partial charge in [-0.1, -0.05) is 49.6 Å². The molecule has 0 bridgehead atoms. The van der Waals surface area contributed by atoms with Gasteiger partial charge in [0.15, 0.2) is 0 Å². The van der Waals surface area contributed by atoms with Gasteiger partial charge in [0.1, 0.15) is 0 Å². The van der Waals surface area contributed by atoms with Crippen LogP contribution in [0.15, 0.2) is 30.3 Å². The fourth-order valence-electron chi connectivity index (χ4n) is 4.53. The number of hydrogen-bond donors (Lipinski definition) is 1. The Balaban J connectivity index is 1.54. The Bertz CT molecular complexity index is 414. The van der Waals surface area contributed by atoms with E-state index in [9.17, 15) is 0 Å². The molecule has 1 saturated carbocycles. The lowest BCUT2D eigenvalue weighted by atomic mass is 9.69. The molecule has 1 aromatic carbocycles. The van der Waals surface area contributed by atoms with Gasteiger partial charge in [0.05, 0.1) is 0 Å². The molecule has 0 unspecified atom stereocenters. The topological polar surface area (TPSA) is 15.3 Å². The monoisotopic (exact) mass is 286 g/mol. The van der Waals surface area contributed by atoms with Crippen LogP contribution in [0.25, 0.3) is 0 Å². The molecule has 0 aromatic heterocycles. The number of nitrogens with one attached hydrogen (secondary N) is 1. The lowest BCUT2D eigenvalue weighted by molar-refractivity contribution is 0.0799. The van der Waals surface area contributed by atoms with Crippen molar-refractivity contribution in [1.82, 2.24) is 10.2 Å². The second kappa shape index (κ2) is 6.93. The molecule has 1 aliphatic carbocycles. The Morgan fingerprint density at radius 1 is 1.05 bits per heavy atom. The third-order valence-electron chi connectivity index (χ3n) is 5.86. The maximum Gasteiger partial charge on any atom is 0.0233 e. The number of benzene rings is 1. The molecule has 1 aliphatic heterocycles. The summed E-state index contributed by atoms with van der Waals surface area (Å²) in [5.74, 6) is 0.884. The van der Waals surface area contributed by atoms with Crippen LogP contribution in [-0.2, 0) is 6.54 Å². The summed E-state index contributed by atoms with van der Waals surface area (Å²) < 4.78 is 0. The van der Waals surface area contributed by atoms with Crippen molar-refractivity contribution in [3.05, 3.63) is 35.9 Å². The van der Waals surface area contributed by atoms with Gasteiger partial charge in [0, 0.05) is 12.1 Å². The van der Waals surface area contributed by atoms with Crippen molar-refractivity contribution in [2.75, 3.05) is 20.1 Å². The van der Waals surface area contributed by atoms with E-state index in [0.717, 1.165) is 12.5 Å². The largest absolute Gasteiger partial charge is 0.314 e. The summed E-state index contributed by atoms with van der Waals surface area (Å²) in [6.07, 6.45) is 9.81. The quantitative estimate of drug-likeness (QED) is 0.905. The van der Waals surface area contributed by atoms with Crippen LogP contribution < -0.4 is 5.32 Å². The Morgan fingerprint density at radius 3 is 2.33 bits per heavy atom. The molecule has 1 saturated heterocycles. The minimum atomic E-state index is 0.455. The number of piperidine rings is 1. The standard InChI is InChI=1S/C19H30N2/c1-20-19(12-6-3-7-13-19)18-10-14-21(15-11-18)16-17-8-4-2-5-9-17/h2,4-5,8-9,18,20H,3,6-7,10-16H2,1H3. The average molecular weight is 286 g/mol. The first-order valence-electron chi connectivity index (χ1n) is 8.78. The van der Waals surface area contributed by atoms with Crippen molar-refractivity contribution in [3.63, 3.8) is 0 Å². The number of nitrogens with zero attached hydrogens (tertiary/aromatic N) is 1. The van der Waals surface area contributed by atoms with Gasteiger partial charge in [-0.2, -0.15) is 0 Å². The van der Waals surface area contributed by atoms with E-state index in [4.69, 9.17) is 0 Å². The molecule has 2 nitrogen and oxygen atoms in total. The fourth-order valence-corrected chi connectivity index (χ4v) is 4.53. The van der Waals surface area contributed by atoms with E-state index < -0.39 is 0 Å². The Kier molecular flexibility index (Phi) is 4.97. The minimum absolute atomic E-state index is 0.455. The van der Waals surface area contributed by atoms with E-state index >= 15 is 0 Å². The molecule has 0 spiro atoms. The van der Waals surface area contributed by atoms with Crippen molar-refractivity contribution in [3.8, 4) is 0 Å². The van der Waals surface area contributed by atoms with Crippen LogP contribution in [0.1, 0.15) is 50.5 Å². The summed E-state index contributed by atoms with van der Waals surface area (Å²) in [6.45, 7) is 3.66. The molecule has 116 valence electrons. The van der Waals surface area contributed by atoms with Gasteiger partial charge in [0.25, 0.3) is 0 Å². The summed E-state index contributed by atoms with van der Waals surface area (Å²) in [6, 6.07) is 10.9. The van der Waals surface area contributed by atoms with Gasteiger partial charge in [-0.15, -0.1) is 0 Å². The summed E-state index contributed by atoms with van der Waals surface area (Å²) in [7, 11) is 2.20. The van der Waals surface area contributed by atoms with E-state index in [-0.39, 0.29) is 0 Å². The van der Waals surface area contributed by atoms with Crippen molar-refractivity contribution in [2.24, 2.45) is 5.92 Å². The van der Waals surface area contributed by atoms with Crippen LogP contribution in [0.3, 0.4) is 0 Å². The molecule has 1 aromatic rings. The lowest BCUT2D eigenvalue weighted by Gasteiger charge is -2.47. The van der Waals surface area contributed by atoms with E-state index in [2.05, 4.69) is 47.6 Å². The normalized spacial score (nSPS) is 24.0. The molecule has 21 heavy (non-hydrogen) atoms. The predicted octanol–water partition coefficient (Wildman–Crippen LogP) is 3.82. The van der Waals surface area contributed by atoms with Crippen LogP contribution in [0.4, 0.5) is 0 Å². The van der Waals surface area contributed by atoms with Gasteiger partial charge in [-0.3, -0.25) is 4.90 Å². The highest BCUT2D eigenvalue weighted by molar-refractivity contribution is 5.14. The van der Waals surface area contributed by atoms with Crippen molar-refractivity contribution < 1.29 is 0 Å². The summed E-state index contributed by atoms with van der Waals surface area (Å²) >= 11 is 0. The van der Waals surface area contributed by atoms with Crippen molar-refractivity contribution in [2.45, 2.75) is 57.0 Å². The molecular weight excluding hydrogens is 256 g/mol. The third-order valence-corrected chi connectivity index (χ3v) is 5.86. The molecule has 3 rings (SSSR count). The summed E-state index contributed by atoms with van der Waals surface area (Å²) in [5, 5.41) is 3.73. The van der Waals surface area contributed by atoms with Crippen LogP contribution in [0.2, 0.25) is 0 Å². The maximum atomic E-state index is 3.73. The third kappa shape index (κ3) is 3.49. The SMILES string of the molecule is CNC1(C2CCN(Cc3ccccc3)CC2)CCCCC1. The zero-order chi connectivity index (χ0) is 14.5. The Morgan fingerprint density at radius 2 is 1.71 bits per heavy atom. The van der Waals surface area contributed by atoms with Crippen LogP contribution >= 0.6 is 0 Å². The summed E-state index contributed by atoms with van der Waals surface area (Å²) in [5.41, 5.74) is 1.91. The lowest BCUT2D eigenvalue weighted by Crippen LogP contribution is -2.54. The zero-order valence-corrected chi connectivity index (χ0v) is 13.5. The summed E-state index contributed by atoms with van der Waals surface area (Å²) in [4.78, 5) is 2.64.